The van der Waals surface area contributed by atoms with Crippen molar-refractivity contribution in [2.24, 2.45) is 5.73 Å². The van der Waals surface area contributed by atoms with Crippen LogP contribution in [0, 0.1) is 6.92 Å². The van der Waals surface area contributed by atoms with Crippen LogP contribution in [0.15, 0.2) is 24.3 Å². The smallest absolute Gasteiger partial charge is 0.227 e. The Labute approximate surface area is 89.9 Å². The van der Waals surface area contributed by atoms with Crippen LogP contribution in [0.2, 0.25) is 0 Å². The summed E-state index contributed by atoms with van der Waals surface area (Å²) >= 11 is 0. The minimum absolute atomic E-state index is 0.181. The Hall–Kier alpha value is -1.35. The minimum Gasteiger partial charge on any atom is -0.328 e. The maximum absolute atomic E-state index is 11.7. The molecule has 2 rings (SSSR count). The summed E-state index contributed by atoms with van der Waals surface area (Å²) in [6.45, 7) is 2.58. The first-order chi connectivity index (χ1) is 7.22. The SMILES string of the molecule is Cc1ccc(N2C(=O)CCC2CN)cc1. The molecule has 15 heavy (non-hydrogen) atoms. The van der Waals surface area contributed by atoms with Crippen molar-refractivity contribution in [3.05, 3.63) is 29.8 Å². The topological polar surface area (TPSA) is 46.3 Å². The fourth-order valence-electron chi connectivity index (χ4n) is 2.03. The van der Waals surface area contributed by atoms with Crippen molar-refractivity contribution in [1.82, 2.24) is 0 Å². The number of rotatable bonds is 2. The molecular weight excluding hydrogens is 188 g/mol. The summed E-state index contributed by atoms with van der Waals surface area (Å²) in [5.41, 5.74) is 7.83. The Morgan fingerprint density at radius 2 is 2.07 bits per heavy atom. The molecule has 0 bridgehead atoms. The van der Waals surface area contributed by atoms with E-state index >= 15 is 0 Å². The third-order valence-electron chi connectivity index (χ3n) is 2.91. The normalized spacial score (nSPS) is 21.1. The van der Waals surface area contributed by atoms with Crippen LogP contribution in [0.5, 0.6) is 0 Å². The highest BCUT2D eigenvalue weighted by atomic mass is 16.2. The van der Waals surface area contributed by atoms with Crippen molar-refractivity contribution in [2.45, 2.75) is 25.8 Å². The molecule has 1 aliphatic heterocycles. The molecule has 1 aliphatic rings. The van der Waals surface area contributed by atoms with Gasteiger partial charge in [0.1, 0.15) is 0 Å². The van der Waals surface area contributed by atoms with E-state index in [2.05, 4.69) is 0 Å². The molecule has 3 nitrogen and oxygen atoms in total. The second-order valence-corrected chi connectivity index (χ2v) is 4.03. The molecule has 1 atom stereocenters. The van der Waals surface area contributed by atoms with E-state index in [1.165, 1.54) is 5.56 Å². The summed E-state index contributed by atoms with van der Waals surface area (Å²) in [5, 5.41) is 0. The van der Waals surface area contributed by atoms with Crippen molar-refractivity contribution in [2.75, 3.05) is 11.4 Å². The van der Waals surface area contributed by atoms with E-state index in [1.807, 2.05) is 36.1 Å². The van der Waals surface area contributed by atoms with Gasteiger partial charge in [-0.05, 0) is 25.5 Å². The number of hydrogen-bond acceptors (Lipinski definition) is 2. The fourth-order valence-corrected chi connectivity index (χ4v) is 2.03. The number of hydrogen-bond donors (Lipinski definition) is 1. The van der Waals surface area contributed by atoms with Gasteiger partial charge in [0.05, 0.1) is 0 Å². The number of aryl methyl sites for hydroxylation is 1. The van der Waals surface area contributed by atoms with Gasteiger partial charge < -0.3 is 10.6 Å². The number of carbonyl (C=O) groups excluding carboxylic acids is 1. The van der Waals surface area contributed by atoms with E-state index in [1.54, 1.807) is 0 Å². The quantitative estimate of drug-likeness (QED) is 0.792. The predicted molar refractivity (Wildman–Crippen MR) is 60.7 cm³/mol. The largest absolute Gasteiger partial charge is 0.328 e. The van der Waals surface area contributed by atoms with Gasteiger partial charge >= 0.3 is 0 Å². The lowest BCUT2D eigenvalue weighted by atomic mass is 10.2. The van der Waals surface area contributed by atoms with Crippen LogP contribution in [0.3, 0.4) is 0 Å². The Morgan fingerprint density at radius 3 is 2.67 bits per heavy atom. The predicted octanol–water partition coefficient (Wildman–Crippen LogP) is 1.45. The molecule has 1 aromatic carbocycles. The van der Waals surface area contributed by atoms with Gasteiger partial charge in [-0.1, -0.05) is 17.7 Å². The molecular formula is C12H16N2O. The number of amides is 1. The maximum atomic E-state index is 11.7. The summed E-state index contributed by atoms with van der Waals surface area (Å²) in [6, 6.07) is 8.20. The van der Waals surface area contributed by atoms with Crippen molar-refractivity contribution in [3.8, 4) is 0 Å². The highest BCUT2D eigenvalue weighted by Gasteiger charge is 2.30. The average molecular weight is 204 g/mol. The maximum Gasteiger partial charge on any atom is 0.227 e. The molecule has 1 saturated heterocycles. The monoisotopic (exact) mass is 204 g/mol. The summed E-state index contributed by atoms with van der Waals surface area (Å²) < 4.78 is 0. The van der Waals surface area contributed by atoms with Crippen molar-refractivity contribution in [3.63, 3.8) is 0 Å². The van der Waals surface area contributed by atoms with Crippen LogP contribution in [-0.2, 0) is 4.79 Å². The first-order valence-corrected chi connectivity index (χ1v) is 5.31. The first kappa shape index (κ1) is 10.2. The third kappa shape index (κ3) is 1.88. The molecule has 1 fully saturated rings. The van der Waals surface area contributed by atoms with Gasteiger partial charge in [-0.25, -0.2) is 0 Å². The average Bonchev–Trinajstić information content (AvgIpc) is 2.61. The summed E-state index contributed by atoms with van der Waals surface area (Å²) in [4.78, 5) is 13.5. The number of anilines is 1. The molecule has 0 radical (unpaired) electrons. The van der Waals surface area contributed by atoms with Gasteiger partial charge in [-0.3, -0.25) is 4.79 Å². The lowest BCUT2D eigenvalue weighted by molar-refractivity contribution is -0.117. The van der Waals surface area contributed by atoms with Gasteiger partial charge in [0, 0.05) is 24.7 Å². The van der Waals surface area contributed by atoms with Crippen molar-refractivity contribution >= 4 is 11.6 Å². The van der Waals surface area contributed by atoms with Gasteiger partial charge in [-0.15, -0.1) is 0 Å². The molecule has 1 aromatic rings. The summed E-state index contributed by atoms with van der Waals surface area (Å²) in [7, 11) is 0. The number of nitrogens with two attached hydrogens (primary N) is 1. The fraction of sp³-hybridized carbons (Fsp3) is 0.417. The first-order valence-electron chi connectivity index (χ1n) is 5.31. The van der Waals surface area contributed by atoms with Gasteiger partial charge in [-0.2, -0.15) is 0 Å². The van der Waals surface area contributed by atoms with Gasteiger partial charge in [0.2, 0.25) is 5.91 Å². The number of benzene rings is 1. The van der Waals surface area contributed by atoms with Crippen LogP contribution in [-0.4, -0.2) is 18.5 Å². The number of carbonyl (C=O) groups is 1. The summed E-state index contributed by atoms with van der Waals surface area (Å²) in [6.07, 6.45) is 1.50. The van der Waals surface area contributed by atoms with E-state index in [0.717, 1.165) is 12.1 Å². The second-order valence-electron chi connectivity index (χ2n) is 4.03. The standard InChI is InChI=1S/C12H16N2O/c1-9-2-4-10(5-3-9)14-11(8-13)6-7-12(14)15/h2-5,11H,6-8,13H2,1H3. The highest BCUT2D eigenvalue weighted by Crippen LogP contribution is 2.26. The Kier molecular flexibility index (Phi) is 2.73. The highest BCUT2D eigenvalue weighted by molar-refractivity contribution is 5.96. The van der Waals surface area contributed by atoms with E-state index in [9.17, 15) is 4.79 Å². The molecule has 80 valence electrons. The molecule has 1 unspecified atom stereocenters. The zero-order valence-electron chi connectivity index (χ0n) is 8.94. The molecule has 0 saturated carbocycles. The number of nitrogens with zero attached hydrogens (tertiary/aromatic N) is 1. The van der Waals surface area contributed by atoms with Crippen LogP contribution in [0.4, 0.5) is 5.69 Å². The molecule has 0 spiro atoms. The lowest BCUT2D eigenvalue weighted by Crippen LogP contribution is -2.37. The van der Waals surface area contributed by atoms with Crippen LogP contribution >= 0.6 is 0 Å². The van der Waals surface area contributed by atoms with E-state index in [0.29, 0.717) is 13.0 Å². The second kappa shape index (κ2) is 4.03. The van der Waals surface area contributed by atoms with E-state index in [4.69, 9.17) is 5.73 Å². The van der Waals surface area contributed by atoms with Crippen LogP contribution in [0.1, 0.15) is 18.4 Å². The third-order valence-corrected chi connectivity index (χ3v) is 2.91. The zero-order chi connectivity index (χ0) is 10.8. The van der Waals surface area contributed by atoms with E-state index < -0.39 is 0 Å². The molecule has 0 aliphatic carbocycles. The van der Waals surface area contributed by atoms with Crippen molar-refractivity contribution in [1.29, 1.82) is 0 Å². The van der Waals surface area contributed by atoms with Gasteiger partial charge in [0.15, 0.2) is 0 Å². The van der Waals surface area contributed by atoms with Crippen LogP contribution < -0.4 is 10.6 Å². The van der Waals surface area contributed by atoms with Crippen molar-refractivity contribution < 1.29 is 4.79 Å². The van der Waals surface area contributed by atoms with Gasteiger partial charge in [0.25, 0.3) is 0 Å². The molecule has 1 heterocycles. The summed E-state index contributed by atoms with van der Waals surface area (Å²) in [5.74, 6) is 0.189. The lowest BCUT2D eigenvalue weighted by Gasteiger charge is -2.23. The van der Waals surface area contributed by atoms with E-state index in [-0.39, 0.29) is 11.9 Å². The molecule has 3 heteroatoms. The Bertz CT molecular complexity index is 358. The molecule has 1 amide bonds. The van der Waals surface area contributed by atoms with Crippen LogP contribution in [0.25, 0.3) is 0 Å². The minimum atomic E-state index is 0.181. The molecule has 0 aromatic heterocycles. The Morgan fingerprint density at radius 1 is 1.40 bits per heavy atom. The molecule has 2 N–H and O–H groups in total. The zero-order valence-corrected chi connectivity index (χ0v) is 8.94. The Balaban J connectivity index is 2.28.